The van der Waals surface area contributed by atoms with Crippen LogP contribution in [-0.2, 0) is 31.0 Å². The summed E-state index contributed by atoms with van der Waals surface area (Å²) in [5.41, 5.74) is 2.38. The van der Waals surface area contributed by atoms with E-state index in [0.717, 1.165) is 20.4 Å². The van der Waals surface area contributed by atoms with Gasteiger partial charge in [-0.3, -0.25) is 9.59 Å². The minimum absolute atomic E-state index is 0.0460. The van der Waals surface area contributed by atoms with Gasteiger partial charge in [0.1, 0.15) is 6.61 Å². The molecule has 1 aliphatic rings. The Morgan fingerprint density at radius 3 is 2.50 bits per heavy atom. The fourth-order valence-electron chi connectivity index (χ4n) is 4.01. The van der Waals surface area contributed by atoms with Crippen LogP contribution in [0.2, 0.25) is 0 Å². The number of carbonyl (C=O) groups excluding carboxylic acids is 2. The van der Waals surface area contributed by atoms with Gasteiger partial charge < -0.3 is 9.64 Å². The first-order valence-electron chi connectivity index (χ1n) is 10.8. The standard InChI is InChI=1S/C25H26N2O5S2/c1-17-9-11-19(12-10-17)27-23(28)15-21(24(27)22-8-5-13-33-22)25(29)32-16-18-6-4-7-20(14-18)34(30,31)26(2)3/h4-14,21,24H,15-16H2,1-3H3. The van der Waals surface area contributed by atoms with Crippen molar-refractivity contribution in [1.82, 2.24) is 4.31 Å². The second-order valence-electron chi connectivity index (χ2n) is 8.41. The summed E-state index contributed by atoms with van der Waals surface area (Å²) in [6.45, 7) is 1.90. The molecule has 1 saturated heterocycles. The molecule has 0 saturated carbocycles. The van der Waals surface area contributed by atoms with Crippen molar-refractivity contribution in [1.29, 1.82) is 0 Å². The second kappa shape index (κ2) is 9.69. The summed E-state index contributed by atoms with van der Waals surface area (Å²) < 4.78 is 31.6. The topological polar surface area (TPSA) is 84.0 Å². The summed E-state index contributed by atoms with van der Waals surface area (Å²) in [4.78, 5) is 28.9. The van der Waals surface area contributed by atoms with Gasteiger partial charge in [0.05, 0.1) is 16.9 Å². The van der Waals surface area contributed by atoms with E-state index in [2.05, 4.69) is 0 Å². The predicted molar refractivity (Wildman–Crippen MR) is 131 cm³/mol. The third kappa shape index (κ3) is 4.77. The van der Waals surface area contributed by atoms with Crippen LogP contribution in [0.4, 0.5) is 5.69 Å². The lowest BCUT2D eigenvalue weighted by molar-refractivity contribution is -0.150. The van der Waals surface area contributed by atoms with E-state index in [1.807, 2.05) is 48.7 Å². The van der Waals surface area contributed by atoms with E-state index in [1.54, 1.807) is 17.0 Å². The Morgan fingerprint density at radius 2 is 1.85 bits per heavy atom. The van der Waals surface area contributed by atoms with Gasteiger partial charge in [-0.05, 0) is 48.2 Å². The van der Waals surface area contributed by atoms with Crippen molar-refractivity contribution in [3.8, 4) is 0 Å². The molecule has 0 spiro atoms. The molecule has 1 aromatic heterocycles. The summed E-state index contributed by atoms with van der Waals surface area (Å²) in [5, 5.41) is 1.92. The Hall–Kier alpha value is -3.01. The number of carbonyl (C=O) groups is 2. The molecule has 2 atom stereocenters. The molecule has 0 aliphatic carbocycles. The molecule has 4 rings (SSSR count). The van der Waals surface area contributed by atoms with Crippen molar-refractivity contribution in [2.45, 2.75) is 30.9 Å². The third-order valence-corrected chi connectivity index (χ3v) is 8.58. The molecule has 7 nitrogen and oxygen atoms in total. The van der Waals surface area contributed by atoms with Gasteiger partial charge in [0.2, 0.25) is 15.9 Å². The van der Waals surface area contributed by atoms with Crippen molar-refractivity contribution in [2.75, 3.05) is 19.0 Å². The number of sulfonamides is 1. The predicted octanol–water partition coefficient (Wildman–Crippen LogP) is 4.14. The van der Waals surface area contributed by atoms with E-state index in [-0.39, 0.29) is 23.8 Å². The average Bonchev–Trinajstić information content (AvgIpc) is 3.46. The third-order valence-electron chi connectivity index (χ3n) is 5.83. The van der Waals surface area contributed by atoms with Gasteiger partial charge in [0, 0.05) is 31.1 Å². The number of amides is 1. The molecule has 1 fully saturated rings. The Morgan fingerprint density at radius 1 is 1.12 bits per heavy atom. The molecule has 3 aromatic rings. The zero-order valence-corrected chi connectivity index (χ0v) is 20.8. The molecule has 0 radical (unpaired) electrons. The fraction of sp³-hybridized carbons (Fsp3) is 0.280. The van der Waals surface area contributed by atoms with Crippen LogP contribution < -0.4 is 4.90 Å². The smallest absolute Gasteiger partial charge is 0.312 e. The number of nitrogens with zero attached hydrogens (tertiary/aromatic N) is 2. The van der Waals surface area contributed by atoms with Crippen LogP contribution >= 0.6 is 11.3 Å². The summed E-state index contributed by atoms with van der Waals surface area (Å²) in [5.74, 6) is -1.29. The van der Waals surface area contributed by atoms with E-state index < -0.39 is 28.0 Å². The monoisotopic (exact) mass is 498 g/mol. The van der Waals surface area contributed by atoms with Gasteiger partial charge in [0.15, 0.2) is 0 Å². The summed E-state index contributed by atoms with van der Waals surface area (Å²) in [6, 6.07) is 17.3. The van der Waals surface area contributed by atoms with Crippen molar-refractivity contribution in [3.05, 3.63) is 82.0 Å². The summed E-state index contributed by atoms with van der Waals surface area (Å²) in [6.07, 6.45) is 0.0460. The summed E-state index contributed by atoms with van der Waals surface area (Å²) in [7, 11) is -0.674. The molecule has 2 aromatic carbocycles. The number of ether oxygens (including phenoxy) is 1. The van der Waals surface area contributed by atoms with E-state index in [1.165, 1.54) is 37.6 Å². The first-order valence-corrected chi connectivity index (χ1v) is 13.1. The average molecular weight is 499 g/mol. The highest BCUT2D eigenvalue weighted by Crippen LogP contribution is 2.43. The molecular weight excluding hydrogens is 472 g/mol. The highest BCUT2D eigenvalue weighted by atomic mass is 32.2. The minimum Gasteiger partial charge on any atom is -0.461 e. The zero-order chi connectivity index (χ0) is 24.5. The lowest BCUT2D eigenvalue weighted by Gasteiger charge is -2.27. The number of hydrogen-bond acceptors (Lipinski definition) is 6. The molecule has 1 amide bonds. The molecule has 2 unspecified atom stereocenters. The van der Waals surface area contributed by atoms with Crippen LogP contribution in [0.3, 0.4) is 0 Å². The maximum atomic E-state index is 13.2. The molecular formula is C25H26N2O5S2. The molecule has 1 aliphatic heterocycles. The molecule has 34 heavy (non-hydrogen) atoms. The first-order chi connectivity index (χ1) is 16.2. The highest BCUT2D eigenvalue weighted by Gasteiger charge is 2.46. The van der Waals surface area contributed by atoms with Gasteiger partial charge in [-0.1, -0.05) is 35.9 Å². The van der Waals surface area contributed by atoms with E-state index in [0.29, 0.717) is 5.56 Å². The number of thiophene rings is 1. The summed E-state index contributed by atoms with van der Waals surface area (Å²) >= 11 is 1.49. The van der Waals surface area contributed by atoms with E-state index in [9.17, 15) is 18.0 Å². The molecule has 178 valence electrons. The number of aryl methyl sites for hydroxylation is 1. The maximum Gasteiger partial charge on any atom is 0.312 e. The lowest BCUT2D eigenvalue weighted by atomic mass is 9.98. The Kier molecular flexibility index (Phi) is 6.88. The first kappa shape index (κ1) is 24.1. The largest absolute Gasteiger partial charge is 0.461 e. The molecule has 2 heterocycles. The number of hydrogen-bond donors (Lipinski definition) is 0. The zero-order valence-electron chi connectivity index (χ0n) is 19.2. The Bertz CT molecular complexity index is 1290. The van der Waals surface area contributed by atoms with E-state index in [4.69, 9.17) is 4.74 Å². The quantitative estimate of drug-likeness (QED) is 0.457. The second-order valence-corrected chi connectivity index (χ2v) is 11.5. The van der Waals surface area contributed by atoms with E-state index >= 15 is 0 Å². The SMILES string of the molecule is Cc1ccc(N2C(=O)CC(C(=O)OCc3cccc(S(=O)(=O)N(C)C)c3)C2c2cccs2)cc1. The van der Waals surface area contributed by atoms with Gasteiger partial charge >= 0.3 is 5.97 Å². The van der Waals surface area contributed by atoms with Crippen molar-refractivity contribution in [2.24, 2.45) is 5.92 Å². The number of anilines is 1. The fourth-order valence-corrected chi connectivity index (χ4v) is 5.86. The van der Waals surface area contributed by atoms with Gasteiger partial charge in [-0.2, -0.15) is 0 Å². The van der Waals surface area contributed by atoms with Crippen LogP contribution in [0.1, 0.15) is 28.5 Å². The molecule has 0 bridgehead atoms. The number of rotatable bonds is 7. The van der Waals surface area contributed by atoms with Gasteiger partial charge in [0.25, 0.3) is 0 Å². The minimum atomic E-state index is -3.60. The van der Waals surface area contributed by atoms with Gasteiger partial charge in [-0.25, -0.2) is 12.7 Å². The van der Waals surface area contributed by atoms with Crippen molar-refractivity contribution >= 4 is 38.9 Å². The van der Waals surface area contributed by atoms with Crippen molar-refractivity contribution in [3.63, 3.8) is 0 Å². The van der Waals surface area contributed by atoms with Crippen LogP contribution in [0.15, 0.2) is 70.9 Å². The van der Waals surface area contributed by atoms with Crippen LogP contribution in [-0.4, -0.2) is 38.7 Å². The highest BCUT2D eigenvalue weighted by molar-refractivity contribution is 7.89. The number of esters is 1. The Balaban J connectivity index is 1.56. The molecule has 9 heteroatoms. The van der Waals surface area contributed by atoms with Crippen molar-refractivity contribution < 1.29 is 22.7 Å². The van der Waals surface area contributed by atoms with Crippen LogP contribution in [0.25, 0.3) is 0 Å². The van der Waals surface area contributed by atoms with Crippen LogP contribution in [0.5, 0.6) is 0 Å². The Labute approximate surface area is 203 Å². The number of benzene rings is 2. The van der Waals surface area contributed by atoms with Gasteiger partial charge in [-0.15, -0.1) is 11.3 Å². The molecule has 0 N–H and O–H groups in total. The lowest BCUT2D eigenvalue weighted by Crippen LogP contribution is -2.30. The maximum absolute atomic E-state index is 13.2. The van der Waals surface area contributed by atoms with Crippen LogP contribution in [0, 0.1) is 12.8 Å². The normalized spacial score (nSPS) is 18.5.